The van der Waals surface area contributed by atoms with Crippen LogP contribution in [0.15, 0.2) is 0 Å². The van der Waals surface area contributed by atoms with E-state index in [1.165, 1.54) is 24.7 Å². The maximum absolute atomic E-state index is 11.9. The maximum atomic E-state index is 11.9. The van der Waals surface area contributed by atoms with Gasteiger partial charge in [0.25, 0.3) is 0 Å². The minimum absolute atomic E-state index is 0.0440. The van der Waals surface area contributed by atoms with E-state index in [0.29, 0.717) is 12.3 Å². The second-order valence-corrected chi connectivity index (χ2v) is 7.12. The number of carboxylic acids is 1. The summed E-state index contributed by atoms with van der Waals surface area (Å²) in [5, 5.41) is 8.74. The zero-order valence-electron chi connectivity index (χ0n) is 10.4. The second-order valence-electron chi connectivity index (χ2n) is 4.92. The number of rotatable bonds is 7. The van der Waals surface area contributed by atoms with Gasteiger partial charge in [0.15, 0.2) is 0 Å². The third-order valence-corrected chi connectivity index (χ3v) is 5.29. The van der Waals surface area contributed by atoms with E-state index in [1.807, 2.05) is 0 Å². The molecule has 1 fully saturated rings. The van der Waals surface area contributed by atoms with Crippen LogP contribution in [0.1, 0.15) is 32.6 Å². The molecule has 1 atom stereocenters. The molecule has 0 aromatic heterocycles. The highest BCUT2D eigenvalue weighted by molar-refractivity contribution is 7.89. The molecule has 17 heavy (non-hydrogen) atoms. The molecule has 0 saturated heterocycles. The van der Waals surface area contributed by atoms with Gasteiger partial charge in [-0.1, -0.05) is 26.2 Å². The van der Waals surface area contributed by atoms with Crippen LogP contribution >= 0.6 is 0 Å². The summed E-state index contributed by atoms with van der Waals surface area (Å²) >= 11 is 0. The summed E-state index contributed by atoms with van der Waals surface area (Å²) in [5.74, 6) is -0.944. The molecule has 1 N–H and O–H groups in total. The van der Waals surface area contributed by atoms with Crippen LogP contribution < -0.4 is 0 Å². The molecular formula is C11H21NO4S. The Morgan fingerprint density at radius 2 is 2.06 bits per heavy atom. The van der Waals surface area contributed by atoms with Crippen LogP contribution in [0.2, 0.25) is 0 Å². The number of aliphatic carboxylic acids is 1. The Labute approximate surface area is 103 Å². The molecular weight excluding hydrogens is 242 g/mol. The fourth-order valence-electron chi connectivity index (χ4n) is 1.83. The number of hydrogen-bond acceptors (Lipinski definition) is 3. The summed E-state index contributed by atoms with van der Waals surface area (Å²) in [6.07, 6.45) is 4.17. The summed E-state index contributed by atoms with van der Waals surface area (Å²) in [6, 6.07) is 0. The van der Waals surface area contributed by atoms with Crippen molar-refractivity contribution in [3.05, 3.63) is 0 Å². The number of hydrogen-bond donors (Lipinski definition) is 1. The van der Waals surface area contributed by atoms with Gasteiger partial charge in [0, 0.05) is 13.6 Å². The van der Waals surface area contributed by atoms with E-state index in [9.17, 15) is 13.2 Å². The zero-order chi connectivity index (χ0) is 13.1. The molecule has 0 aromatic rings. The normalized spacial score (nSPS) is 19.0. The van der Waals surface area contributed by atoms with Gasteiger partial charge < -0.3 is 5.11 Å². The van der Waals surface area contributed by atoms with Crippen molar-refractivity contribution in [3.8, 4) is 0 Å². The first-order valence-electron chi connectivity index (χ1n) is 5.99. The van der Waals surface area contributed by atoms with Crippen LogP contribution in [-0.4, -0.2) is 43.1 Å². The Morgan fingerprint density at radius 1 is 1.47 bits per heavy atom. The lowest BCUT2D eigenvalue weighted by Crippen LogP contribution is -2.35. The van der Waals surface area contributed by atoms with Crippen molar-refractivity contribution >= 4 is 16.0 Å². The van der Waals surface area contributed by atoms with Gasteiger partial charge in [-0.2, -0.15) is 0 Å². The maximum Gasteiger partial charge on any atom is 0.307 e. The molecule has 1 saturated carbocycles. The van der Waals surface area contributed by atoms with E-state index in [1.54, 1.807) is 0 Å². The Bertz CT molecular complexity index is 362. The van der Waals surface area contributed by atoms with Gasteiger partial charge >= 0.3 is 5.97 Å². The molecule has 0 amide bonds. The van der Waals surface area contributed by atoms with Gasteiger partial charge in [-0.15, -0.1) is 0 Å². The number of carbonyl (C=O) groups is 1. The van der Waals surface area contributed by atoms with Gasteiger partial charge in [-0.3, -0.25) is 4.79 Å². The molecule has 5 nitrogen and oxygen atoms in total. The number of carboxylic acid groups (broad SMARTS) is 1. The fourth-order valence-corrected chi connectivity index (χ4v) is 3.22. The highest BCUT2D eigenvalue weighted by Gasteiger charge is 2.25. The van der Waals surface area contributed by atoms with Crippen molar-refractivity contribution in [1.29, 1.82) is 0 Å². The molecule has 100 valence electrons. The van der Waals surface area contributed by atoms with E-state index >= 15 is 0 Å². The first kappa shape index (κ1) is 14.4. The van der Waals surface area contributed by atoms with E-state index in [0.717, 1.165) is 12.8 Å². The standard InChI is InChI=1S/C11H21NO4S/c1-9(11(13)14)8-12(2)17(15,16)7-6-10-4-3-5-10/h9-10H,3-8H2,1-2H3,(H,13,14). The lowest BCUT2D eigenvalue weighted by molar-refractivity contribution is -0.141. The van der Waals surface area contributed by atoms with Crippen LogP contribution in [0.5, 0.6) is 0 Å². The van der Waals surface area contributed by atoms with Crippen LogP contribution in [-0.2, 0) is 14.8 Å². The monoisotopic (exact) mass is 263 g/mol. The largest absolute Gasteiger partial charge is 0.481 e. The zero-order valence-corrected chi connectivity index (χ0v) is 11.2. The molecule has 0 aromatic carbocycles. The van der Waals surface area contributed by atoms with Crippen molar-refractivity contribution in [2.24, 2.45) is 11.8 Å². The summed E-state index contributed by atoms with van der Waals surface area (Å²) in [4.78, 5) is 10.7. The van der Waals surface area contributed by atoms with E-state index < -0.39 is 21.9 Å². The van der Waals surface area contributed by atoms with Crippen LogP contribution in [0.3, 0.4) is 0 Å². The molecule has 6 heteroatoms. The second kappa shape index (κ2) is 5.82. The van der Waals surface area contributed by atoms with Crippen LogP contribution in [0, 0.1) is 11.8 Å². The minimum Gasteiger partial charge on any atom is -0.481 e. The molecule has 1 rings (SSSR count). The third-order valence-electron chi connectivity index (χ3n) is 3.44. The van der Waals surface area contributed by atoms with Crippen molar-refractivity contribution in [3.63, 3.8) is 0 Å². The van der Waals surface area contributed by atoms with Gasteiger partial charge in [0.2, 0.25) is 10.0 Å². The van der Waals surface area contributed by atoms with Gasteiger partial charge in [0.05, 0.1) is 11.7 Å². The summed E-state index contributed by atoms with van der Waals surface area (Å²) < 4.78 is 24.9. The molecule has 0 bridgehead atoms. The topological polar surface area (TPSA) is 74.7 Å². The van der Waals surface area contributed by atoms with Gasteiger partial charge in [-0.05, 0) is 12.3 Å². The predicted molar refractivity (Wildman–Crippen MR) is 65.2 cm³/mol. The van der Waals surface area contributed by atoms with Crippen LogP contribution in [0.25, 0.3) is 0 Å². The van der Waals surface area contributed by atoms with Gasteiger partial charge in [-0.25, -0.2) is 12.7 Å². The minimum atomic E-state index is -3.29. The van der Waals surface area contributed by atoms with E-state index in [2.05, 4.69) is 0 Å². The first-order chi connectivity index (χ1) is 7.83. The fraction of sp³-hybridized carbons (Fsp3) is 0.909. The Kier molecular flexibility index (Phi) is 4.94. The highest BCUT2D eigenvalue weighted by Crippen LogP contribution is 2.29. The van der Waals surface area contributed by atoms with Crippen molar-refractivity contribution in [2.75, 3.05) is 19.3 Å². The SMILES string of the molecule is CC(CN(C)S(=O)(=O)CCC1CCC1)C(=O)O. The Morgan fingerprint density at radius 3 is 2.47 bits per heavy atom. The van der Waals surface area contributed by atoms with Crippen molar-refractivity contribution in [2.45, 2.75) is 32.6 Å². The highest BCUT2D eigenvalue weighted by atomic mass is 32.2. The predicted octanol–water partition coefficient (Wildman–Crippen LogP) is 1.16. The van der Waals surface area contributed by atoms with Crippen LogP contribution in [0.4, 0.5) is 0 Å². The summed E-state index contributed by atoms with van der Waals surface area (Å²) in [7, 11) is -1.84. The molecule has 1 unspecified atom stereocenters. The first-order valence-corrected chi connectivity index (χ1v) is 7.60. The number of sulfonamides is 1. The van der Waals surface area contributed by atoms with Gasteiger partial charge in [0.1, 0.15) is 0 Å². The van der Waals surface area contributed by atoms with Crippen molar-refractivity contribution < 1.29 is 18.3 Å². The Balaban J connectivity index is 2.41. The molecule has 0 spiro atoms. The lowest BCUT2D eigenvalue weighted by Gasteiger charge is -2.26. The average molecular weight is 263 g/mol. The Hall–Kier alpha value is -0.620. The molecule has 0 heterocycles. The molecule has 1 aliphatic rings. The number of nitrogens with zero attached hydrogens (tertiary/aromatic N) is 1. The average Bonchev–Trinajstić information content (AvgIpc) is 2.14. The summed E-state index contributed by atoms with van der Waals surface area (Å²) in [5.41, 5.74) is 0. The molecule has 0 radical (unpaired) electrons. The van der Waals surface area contributed by atoms with E-state index in [-0.39, 0.29) is 12.3 Å². The lowest BCUT2D eigenvalue weighted by atomic mass is 9.84. The molecule has 0 aliphatic heterocycles. The quantitative estimate of drug-likeness (QED) is 0.748. The van der Waals surface area contributed by atoms with Crippen molar-refractivity contribution in [1.82, 2.24) is 4.31 Å². The van der Waals surface area contributed by atoms with E-state index in [4.69, 9.17) is 5.11 Å². The molecule has 1 aliphatic carbocycles. The third kappa shape index (κ3) is 4.27. The summed E-state index contributed by atoms with van der Waals surface area (Å²) in [6.45, 7) is 1.56. The smallest absolute Gasteiger partial charge is 0.307 e.